The average molecular weight is 270 g/mol. The van der Waals surface area contributed by atoms with Crippen LogP contribution in [0, 0.1) is 0 Å². The maximum Gasteiger partial charge on any atom is 0.238 e. The number of hydrogen-bond acceptors (Lipinski definition) is 4. The molecular formula is C14H30N4O. The zero-order valence-electron chi connectivity index (χ0n) is 12.7. The fraction of sp³-hybridized carbons (Fsp3) is 0.929. The molecule has 19 heavy (non-hydrogen) atoms. The van der Waals surface area contributed by atoms with Gasteiger partial charge in [-0.3, -0.25) is 4.79 Å². The van der Waals surface area contributed by atoms with Gasteiger partial charge in [0.15, 0.2) is 0 Å². The van der Waals surface area contributed by atoms with E-state index in [9.17, 15) is 4.79 Å². The fourth-order valence-electron chi connectivity index (χ4n) is 2.56. The second-order valence-electron chi connectivity index (χ2n) is 5.91. The number of carbonyl (C=O) groups is 1. The molecule has 1 saturated heterocycles. The van der Waals surface area contributed by atoms with Gasteiger partial charge in [0.2, 0.25) is 5.91 Å². The van der Waals surface area contributed by atoms with Gasteiger partial charge in [-0.15, -0.1) is 0 Å². The number of likely N-dealkylation sites (N-methyl/N-ethyl adjacent to an activating group) is 1. The molecule has 1 amide bonds. The van der Waals surface area contributed by atoms with E-state index in [1.54, 1.807) is 0 Å². The summed E-state index contributed by atoms with van der Waals surface area (Å²) < 4.78 is 0. The van der Waals surface area contributed by atoms with Crippen LogP contribution in [0.3, 0.4) is 0 Å². The number of rotatable bonds is 9. The molecule has 112 valence electrons. The standard InChI is InChI=1S/C14H30N4O/c1-4-7-16-14(2,13(15)19)12-17(3)10-11-18-8-5-6-9-18/h16H,4-12H2,1-3H3,(H2,15,19). The minimum atomic E-state index is -0.629. The summed E-state index contributed by atoms with van der Waals surface area (Å²) in [6.07, 6.45) is 3.64. The smallest absolute Gasteiger partial charge is 0.238 e. The van der Waals surface area contributed by atoms with E-state index in [-0.39, 0.29) is 5.91 Å². The van der Waals surface area contributed by atoms with Gasteiger partial charge in [-0.25, -0.2) is 0 Å². The monoisotopic (exact) mass is 270 g/mol. The van der Waals surface area contributed by atoms with E-state index in [0.717, 1.165) is 26.1 Å². The quantitative estimate of drug-likeness (QED) is 0.631. The van der Waals surface area contributed by atoms with Gasteiger partial charge >= 0.3 is 0 Å². The minimum Gasteiger partial charge on any atom is -0.368 e. The zero-order chi connectivity index (χ0) is 14.3. The molecule has 1 atom stereocenters. The molecule has 1 fully saturated rings. The summed E-state index contributed by atoms with van der Waals surface area (Å²) in [7, 11) is 2.06. The van der Waals surface area contributed by atoms with Crippen LogP contribution in [0.25, 0.3) is 0 Å². The number of carbonyl (C=O) groups excluding carboxylic acids is 1. The van der Waals surface area contributed by atoms with E-state index in [1.807, 2.05) is 6.92 Å². The van der Waals surface area contributed by atoms with Gasteiger partial charge in [-0.2, -0.15) is 0 Å². The van der Waals surface area contributed by atoms with Crippen molar-refractivity contribution >= 4 is 5.91 Å². The molecule has 0 aromatic heterocycles. The van der Waals surface area contributed by atoms with Gasteiger partial charge in [0.1, 0.15) is 5.54 Å². The van der Waals surface area contributed by atoms with Gasteiger partial charge in [-0.1, -0.05) is 6.92 Å². The Morgan fingerprint density at radius 1 is 1.42 bits per heavy atom. The molecule has 1 rings (SSSR count). The second-order valence-corrected chi connectivity index (χ2v) is 5.91. The van der Waals surface area contributed by atoms with Crippen molar-refractivity contribution in [1.82, 2.24) is 15.1 Å². The van der Waals surface area contributed by atoms with E-state index < -0.39 is 5.54 Å². The summed E-state index contributed by atoms with van der Waals surface area (Å²) in [6.45, 7) is 9.97. The molecule has 0 aromatic carbocycles. The normalized spacial score (nSPS) is 19.8. The van der Waals surface area contributed by atoms with E-state index in [2.05, 4.69) is 29.1 Å². The molecule has 5 nitrogen and oxygen atoms in total. The number of nitrogens with zero attached hydrogens (tertiary/aromatic N) is 2. The molecule has 3 N–H and O–H groups in total. The molecule has 1 aliphatic heterocycles. The average Bonchev–Trinajstić information content (AvgIpc) is 2.87. The highest BCUT2D eigenvalue weighted by Crippen LogP contribution is 2.08. The van der Waals surface area contributed by atoms with Crippen molar-refractivity contribution in [3.8, 4) is 0 Å². The molecule has 0 saturated carbocycles. The molecule has 1 unspecified atom stereocenters. The van der Waals surface area contributed by atoms with Crippen molar-refractivity contribution < 1.29 is 4.79 Å². The number of nitrogens with two attached hydrogens (primary N) is 1. The summed E-state index contributed by atoms with van der Waals surface area (Å²) in [6, 6.07) is 0. The summed E-state index contributed by atoms with van der Waals surface area (Å²) in [4.78, 5) is 16.3. The molecule has 1 aliphatic rings. The van der Waals surface area contributed by atoms with Crippen LogP contribution in [-0.2, 0) is 4.79 Å². The summed E-state index contributed by atoms with van der Waals surface area (Å²) in [5.74, 6) is -0.269. The van der Waals surface area contributed by atoms with Gasteiger partial charge in [-0.05, 0) is 52.9 Å². The van der Waals surface area contributed by atoms with E-state index in [4.69, 9.17) is 5.73 Å². The highest BCUT2D eigenvalue weighted by molar-refractivity contribution is 5.84. The van der Waals surface area contributed by atoms with Crippen LogP contribution >= 0.6 is 0 Å². The predicted octanol–water partition coefficient (Wildman–Crippen LogP) is 0.258. The van der Waals surface area contributed by atoms with Gasteiger partial charge in [0, 0.05) is 19.6 Å². The van der Waals surface area contributed by atoms with Crippen LogP contribution in [0.15, 0.2) is 0 Å². The molecular weight excluding hydrogens is 240 g/mol. The highest BCUT2D eigenvalue weighted by atomic mass is 16.1. The maximum absolute atomic E-state index is 11.6. The van der Waals surface area contributed by atoms with Crippen LogP contribution in [0.4, 0.5) is 0 Å². The first-order chi connectivity index (χ1) is 8.98. The third kappa shape index (κ3) is 5.47. The van der Waals surface area contributed by atoms with Gasteiger partial charge in [0.25, 0.3) is 0 Å². The lowest BCUT2D eigenvalue weighted by Gasteiger charge is -2.32. The molecule has 0 spiro atoms. The Kier molecular flexibility index (Phi) is 6.75. The van der Waals surface area contributed by atoms with Crippen LogP contribution in [0.2, 0.25) is 0 Å². The Hall–Kier alpha value is -0.650. The fourth-order valence-corrected chi connectivity index (χ4v) is 2.56. The van der Waals surface area contributed by atoms with Gasteiger partial charge < -0.3 is 20.9 Å². The lowest BCUT2D eigenvalue weighted by atomic mass is 10.0. The van der Waals surface area contributed by atoms with Crippen LogP contribution in [-0.4, -0.2) is 67.6 Å². The Labute approximate surface area is 117 Å². The third-order valence-electron chi connectivity index (χ3n) is 3.89. The first-order valence-corrected chi connectivity index (χ1v) is 7.44. The summed E-state index contributed by atoms with van der Waals surface area (Å²) in [5.41, 5.74) is 4.91. The third-order valence-corrected chi connectivity index (χ3v) is 3.89. The Balaban J connectivity index is 2.37. The van der Waals surface area contributed by atoms with Crippen molar-refractivity contribution in [2.45, 2.75) is 38.6 Å². The number of hydrogen-bond donors (Lipinski definition) is 2. The zero-order valence-corrected chi connectivity index (χ0v) is 12.7. The summed E-state index contributed by atoms with van der Waals surface area (Å²) >= 11 is 0. The molecule has 1 heterocycles. The lowest BCUT2D eigenvalue weighted by molar-refractivity contribution is -0.124. The van der Waals surface area contributed by atoms with E-state index >= 15 is 0 Å². The number of likely N-dealkylation sites (tertiary alicyclic amines) is 1. The first-order valence-electron chi connectivity index (χ1n) is 7.44. The molecule has 5 heteroatoms. The predicted molar refractivity (Wildman–Crippen MR) is 79.1 cm³/mol. The summed E-state index contributed by atoms with van der Waals surface area (Å²) in [5, 5.41) is 3.27. The van der Waals surface area contributed by atoms with Crippen molar-refractivity contribution in [3.63, 3.8) is 0 Å². The number of amides is 1. The maximum atomic E-state index is 11.6. The molecule has 0 aromatic rings. The highest BCUT2D eigenvalue weighted by Gasteiger charge is 2.31. The van der Waals surface area contributed by atoms with Crippen molar-refractivity contribution in [1.29, 1.82) is 0 Å². The molecule has 0 radical (unpaired) electrons. The molecule has 0 bridgehead atoms. The van der Waals surface area contributed by atoms with Crippen molar-refractivity contribution in [2.24, 2.45) is 5.73 Å². The van der Waals surface area contributed by atoms with Crippen LogP contribution in [0.5, 0.6) is 0 Å². The van der Waals surface area contributed by atoms with E-state index in [0.29, 0.717) is 6.54 Å². The van der Waals surface area contributed by atoms with Crippen molar-refractivity contribution in [2.75, 3.05) is 46.3 Å². The SMILES string of the molecule is CCCNC(C)(CN(C)CCN1CCCC1)C(N)=O. The number of nitrogens with one attached hydrogen (secondary N) is 1. The van der Waals surface area contributed by atoms with Gasteiger partial charge in [0.05, 0.1) is 0 Å². The Morgan fingerprint density at radius 2 is 2.05 bits per heavy atom. The lowest BCUT2D eigenvalue weighted by Crippen LogP contribution is -2.59. The Bertz CT molecular complexity index is 279. The second kappa shape index (κ2) is 7.82. The Morgan fingerprint density at radius 3 is 2.58 bits per heavy atom. The first kappa shape index (κ1) is 16.4. The number of primary amides is 1. The molecule has 0 aliphatic carbocycles. The van der Waals surface area contributed by atoms with Crippen molar-refractivity contribution in [3.05, 3.63) is 0 Å². The largest absolute Gasteiger partial charge is 0.368 e. The van der Waals surface area contributed by atoms with E-state index in [1.165, 1.54) is 25.9 Å². The van der Waals surface area contributed by atoms with Crippen LogP contribution < -0.4 is 11.1 Å². The topological polar surface area (TPSA) is 61.6 Å². The minimum absolute atomic E-state index is 0.269. The van der Waals surface area contributed by atoms with Crippen LogP contribution in [0.1, 0.15) is 33.1 Å².